The first-order valence-corrected chi connectivity index (χ1v) is 12.4. The Bertz CT molecular complexity index is 1280. The van der Waals surface area contributed by atoms with Crippen LogP contribution in [0.3, 0.4) is 0 Å². The number of carbonyl (C=O) groups is 1. The summed E-state index contributed by atoms with van der Waals surface area (Å²) in [4.78, 5) is 33.3. The zero-order valence-corrected chi connectivity index (χ0v) is 19.8. The van der Waals surface area contributed by atoms with Crippen molar-refractivity contribution in [3.63, 3.8) is 0 Å². The van der Waals surface area contributed by atoms with Gasteiger partial charge in [-0.25, -0.2) is 4.98 Å². The summed E-state index contributed by atoms with van der Waals surface area (Å²) in [5.41, 5.74) is 4.02. The predicted molar refractivity (Wildman–Crippen MR) is 133 cm³/mol. The Morgan fingerprint density at radius 3 is 2.47 bits per heavy atom. The smallest absolute Gasteiger partial charge is 0.260 e. The second-order valence-corrected chi connectivity index (χ2v) is 9.79. The van der Waals surface area contributed by atoms with E-state index < -0.39 is 0 Å². The number of aromatic amines is 1. The molecule has 0 aliphatic rings. The molecule has 0 spiro atoms. The van der Waals surface area contributed by atoms with Crippen LogP contribution in [0.1, 0.15) is 43.9 Å². The maximum Gasteiger partial charge on any atom is 0.260 e. The van der Waals surface area contributed by atoms with Crippen molar-refractivity contribution in [3.8, 4) is 11.1 Å². The van der Waals surface area contributed by atoms with Crippen LogP contribution in [0, 0.1) is 0 Å². The molecule has 5 nitrogen and oxygen atoms in total. The Morgan fingerprint density at radius 2 is 1.78 bits per heavy atom. The van der Waals surface area contributed by atoms with E-state index >= 15 is 0 Å². The van der Waals surface area contributed by atoms with Gasteiger partial charge in [0.1, 0.15) is 4.83 Å². The van der Waals surface area contributed by atoms with Gasteiger partial charge in [-0.2, -0.15) is 0 Å². The van der Waals surface area contributed by atoms with E-state index in [0.717, 1.165) is 16.7 Å². The SMILES string of the molecule is CC(C)c1ccc(-c2csc3nc(SCC(=O)NC(C)c4ccccc4)[nH]c(=O)c23)cc1. The van der Waals surface area contributed by atoms with Gasteiger partial charge in [0.2, 0.25) is 5.91 Å². The Hall–Kier alpha value is -2.90. The Labute approximate surface area is 195 Å². The summed E-state index contributed by atoms with van der Waals surface area (Å²) in [5, 5.41) is 6.00. The van der Waals surface area contributed by atoms with Crippen LogP contribution in [0.4, 0.5) is 0 Å². The van der Waals surface area contributed by atoms with E-state index in [1.807, 2.05) is 42.6 Å². The lowest BCUT2D eigenvalue weighted by Crippen LogP contribution is -2.28. The maximum absolute atomic E-state index is 12.8. The minimum atomic E-state index is -0.181. The number of rotatable bonds is 7. The predicted octanol–water partition coefficient (Wildman–Crippen LogP) is 5.74. The van der Waals surface area contributed by atoms with Crippen molar-refractivity contribution in [1.29, 1.82) is 0 Å². The van der Waals surface area contributed by atoms with Gasteiger partial charge >= 0.3 is 0 Å². The Kier molecular flexibility index (Phi) is 6.77. The molecule has 7 heteroatoms. The number of thioether (sulfide) groups is 1. The van der Waals surface area contributed by atoms with Crippen molar-refractivity contribution in [3.05, 3.63) is 81.5 Å². The van der Waals surface area contributed by atoms with Gasteiger partial charge in [-0.15, -0.1) is 11.3 Å². The number of thiophene rings is 1. The average molecular weight is 464 g/mol. The summed E-state index contributed by atoms with van der Waals surface area (Å²) in [6, 6.07) is 18.0. The fraction of sp³-hybridized carbons (Fsp3) is 0.240. The van der Waals surface area contributed by atoms with Gasteiger partial charge in [-0.3, -0.25) is 9.59 Å². The molecule has 0 bridgehead atoms. The lowest BCUT2D eigenvalue weighted by molar-refractivity contribution is -0.119. The van der Waals surface area contributed by atoms with Crippen molar-refractivity contribution >= 4 is 39.2 Å². The average Bonchev–Trinajstić information content (AvgIpc) is 3.23. The van der Waals surface area contributed by atoms with E-state index in [-0.39, 0.29) is 23.3 Å². The van der Waals surface area contributed by atoms with Gasteiger partial charge in [0.15, 0.2) is 5.16 Å². The first-order chi connectivity index (χ1) is 15.4. The molecule has 0 saturated carbocycles. The molecule has 1 amide bonds. The molecule has 164 valence electrons. The molecule has 0 radical (unpaired) electrons. The number of nitrogens with one attached hydrogen (secondary N) is 2. The summed E-state index contributed by atoms with van der Waals surface area (Å²) < 4.78 is 0. The molecular formula is C25H25N3O2S2. The van der Waals surface area contributed by atoms with Crippen LogP contribution in [0.15, 0.2) is 69.9 Å². The molecule has 2 N–H and O–H groups in total. The van der Waals surface area contributed by atoms with E-state index in [1.165, 1.54) is 28.7 Å². The fourth-order valence-corrected chi connectivity index (χ4v) is 5.18. The van der Waals surface area contributed by atoms with E-state index in [0.29, 0.717) is 21.3 Å². The summed E-state index contributed by atoms with van der Waals surface area (Å²) >= 11 is 2.68. The van der Waals surface area contributed by atoms with Gasteiger partial charge in [0.05, 0.1) is 17.2 Å². The molecule has 2 aromatic carbocycles. The highest BCUT2D eigenvalue weighted by atomic mass is 32.2. The van der Waals surface area contributed by atoms with Crippen molar-refractivity contribution in [2.75, 3.05) is 5.75 Å². The standard InChI is InChI=1S/C25H25N3O2S2/c1-15(2)17-9-11-19(12-10-17)20-13-31-24-22(20)23(30)27-25(28-24)32-14-21(29)26-16(3)18-7-5-4-6-8-18/h4-13,15-16H,14H2,1-3H3,(H,26,29)(H,27,28,30). The monoisotopic (exact) mass is 463 g/mol. The number of hydrogen-bond acceptors (Lipinski definition) is 5. The van der Waals surface area contributed by atoms with Gasteiger partial charge in [0.25, 0.3) is 5.56 Å². The minimum absolute atomic E-state index is 0.0827. The first kappa shape index (κ1) is 22.3. The van der Waals surface area contributed by atoms with Crippen LogP contribution in [-0.4, -0.2) is 21.6 Å². The third-order valence-corrected chi connectivity index (χ3v) is 7.07. The van der Waals surface area contributed by atoms with Crippen LogP contribution < -0.4 is 10.9 Å². The number of H-pyrrole nitrogens is 1. The molecular weight excluding hydrogens is 438 g/mol. The largest absolute Gasteiger partial charge is 0.349 e. The number of fused-ring (bicyclic) bond motifs is 1. The number of aromatic nitrogens is 2. The lowest BCUT2D eigenvalue weighted by Gasteiger charge is -2.13. The summed E-state index contributed by atoms with van der Waals surface area (Å²) in [5.74, 6) is 0.535. The molecule has 4 aromatic rings. The fourth-order valence-electron chi connectivity index (χ4n) is 3.50. The van der Waals surface area contributed by atoms with Crippen LogP contribution in [0.25, 0.3) is 21.3 Å². The van der Waals surface area contributed by atoms with E-state index in [9.17, 15) is 9.59 Å². The van der Waals surface area contributed by atoms with Gasteiger partial charge in [-0.05, 0) is 29.5 Å². The quantitative estimate of drug-likeness (QED) is 0.271. The van der Waals surface area contributed by atoms with Gasteiger partial charge in [0, 0.05) is 10.9 Å². The van der Waals surface area contributed by atoms with Gasteiger partial charge < -0.3 is 10.3 Å². The molecule has 0 fully saturated rings. The van der Waals surface area contributed by atoms with Crippen molar-refractivity contribution < 1.29 is 4.79 Å². The molecule has 1 atom stereocenters. The number of carbonyl (C=O) groups excluding carboxylic acids is 1. The lowest BCUT2D eigenvalue weighted by atomic mass is 9.99. The van der Waals surface area contributed by atoms with E-state index in [2.05, 4.69) is 53.4 Å². The van der Waals surface area contributed by atoms with Gasteiger partial charge in [-0.1, -0.05) is 80.2 Å². The third kappa shape index (κ3) is 4.95. The highest BCUT2D eigenvalue weighted by Gasteiger charge is 2.15. The number of hydrogen-bond donors (Lipinski definition) is 2. The number of benzene rings is 2. The second kappa shape index (κ2) is 9.71. The van der Waals surface area contributed by atoms with Crippen LogP contribution >= 0.6 is 23.1 Å². The Balaban J connectivity index is 1.47. The molecule has 1 unspecified atom stereocenters. The van der Waals surface area contributed by atoms with Crippen molar-refractivity contribution in [2.24, 2.45) is 0 Å². The molecule has 4 rings (SSSR count). The highest BCUT2D eigenvalue weighted by molar-refractivity contribution is 7.99. The normalized spacial score (nSPS) is 12.2. The minimum Gasteiger partial charge on any atom is -0.349 e. The summed E-state index contributed by atoms with van der Waals surface area (Å²) in [6.45, 7) is 6.27. The molecule has 32 heavy (non-hydrogen) atoms. The van der Waals surface area contributed by atoms with Crippen LogP contribution in [0.5, 0.6) is 0 Å². The van der Waals surface area contributed by atoms with Crippen LogP contribution in [-0.2, 0) is 4.79 Å². The molecule has 0 aliphatic carbocycles. The maximum atomic E-state index is 12.8. The van der Waals surface area contributed by atoms with Crippen LogP contribution in [0.2, 0.25) is 0 Å². The summed E-state index contributed by atoms with van der Waals surface area (Å²) in [7, 11) is 0. The third-order valence-electron chi connectivity index (χ3n) is 5.33. The molecule has 0 aliphatic heterocycles. The Morgan fingerprint density at radius 1 is 1.06 bits per heavy atom. The zero-order valence-electron chi connectivity index (χ0n) is 18.2. The van der Waals surface area contributed by atoms with E-state index in [1.54, 1.807) is 0 Å². The highest BCUT2D eigenvalue weighted by Crippen LogP contribution is 2.32. The number of amides is 1. The molecule has 2 aromatic heterocycles. The van der Waals surface area contributed by atoms with E-state index in [4.69, 9.17) is 0 Å². The topological polar surface area (TPSA) is 74.8 Å². The zero-order chi connectivity index (χ0) is 22.7. The number of nitrogens with zero attached hydrogens (tertiary/aromatic N) is 1. The summed E-state index contributed by atoms with van der Waals surface area (Å²) in [6.07, 6.45) is 0. The molecule has 2 heterocycles. The first-order valence-electron chi connectivity index (χ1n) is 10.5. The van der Waals surface area contributed by atoms with Crippen molar-refractivity contribution in [2.45, 2.75) is 37.9 Å². The second-order valence-electron chi connectivity index (χ2n) is 7.97. The van der Waals surface area contributed by atoms with Crippen molar-refractivity contribution in [1.82, 2.24) is 15.3 Å². The molecule has 0 saturated heterocycles.